The molecule has 2 aromatic rings. The Morgan fingerprint density at radius 2 is 1.79 bits per heavy atom. The minimum absolute atomic E-state index is 0.476. The standard InChI is InChI=1S/C15H16Cl2N2/c1-10-4-2-3-5-11(10)6-7-19-15-9-13(17)12(16)8-14(15)18/h2-5,8-9,19H,6-7,18H2,1H3. The van der Waals surface area contributed by atoms with Gasteiger partial charge < -0.3 is 11.1 Å². The summed E-state index contributed by atoms with van der Waals surface area (Å²) in [6, 6.07) is 11.8. The van der Waals surface area contributed by atoms with E-state index in [0.29, 0.717) is 15.7 Å². The molecule has 2 nitrogen and oxygen atoms in total. The van der Waals surface area contributed by atoms with Gasteiger partial charge >= 0.3 is 0 Å². The summed E-state index contributed by atoms with van der Waals surface area (Å²) in [4.78, 5) is 0. The summed E-state index contributed by atoms with van der Waals surface area (Å²) in [5.74, 6) is 0. The van der Waals surface area contributed by atoms with Crippen molar-refractivity contribution in [2.24, 2.45) is 0 Å². The van der Waals surface area contributed by atoms with Crippen molar-refractivity contribution < 1.29 is 0 Å². The number of hydrogen-bond donors (Lipinski definition) is 2. The van der Waals surface area contributed by atoms with Gasteiger partial charge in [-0.25, -0.2) is 0 Å². The fraction of sp³-hybridized carbons (Fsp3) is 0.200. The normalized spacial score (nSPS) is 10.5. The maximum atomic E-state index is 5.98. The van der Waals surface area contributed by atoms with Crippen molar-refractivity contribution in [3.05, 3.63) is 57.6 Å². The second kappa shape index (κ2) is 6.18. The van der Waals surface area contributed by atoms with Crippen LogP contribution in [0.25, 0.3) is 0 Å². The molecule has 0 spiro atoms. The van der Waals surface area contributed by atoms with Gasteiger partial charge in [-0.3, -0.25) is 0 Å². The van der Waals surface area contributed by atoms with Gasteiger partial charge in [0.1, 0.15) is 0 Å². The minimum Gasteiger partial charge on any atom is -0.397 e. The molecule has 100 valence electrons. The van der Waals surface area contributed by atoms with Crippen LogP contribution in [-0.4, -0.2) is 6.54 Å². The molecule has 0 heterocycles. The zero-order valence-corrected chi connectivity index (χ0v) is 12.2. The summed E-state index contributed by atoms with van der Waals surface area (Å²) in [6.45, 7) is 2.91. The van der Waals surface area contributed by atoms with Gasteiger partial charge in [-0.2, -0.15) is 0 Å². The van der Waals surface area contributed by atoms with Gasteiger partial charge in [-0.05, 0) is 36.6 Å². The number of aryl methyl sites for hydroxylation is 1. The molecule has 2 rings (SSSR count). The van der Waals surface area contributed by atoms with Crippen LogP contribution in [0.2, 0.25) is 10.0 Å². The summed E-state index contributed by atoms with van der Waals surface area (Å²) in [5.41, 5.74) is 9.95. The molecular weight excluding hydrogens is 279 g/mol. The molecule has 19 heavy (non-hydrogen) atoms. The van der Waals surface area contributed by atoms with Crippen LogP contribution in [-0.2, 0) is 6.42 Å². The first-order valence-electron chi connectivity index (χ1n) is 6.11. The van der Waals surface area contributed by atoms with Crippen molar-refractivity contribution >= 4 is 34.6 Å². The Morgan fingerprint density at radius 3 is 2.53 bits per heavy atom. The second-order valence-electron chi connectivity index (χ2n) is 4.46. The summed E-state index contributed by atoms with van der Waals surface area (Å²) < 4.78 is 0. The van der Waals surface area contributed by atoms with Crippen LogP contribution in [0.15, 0.2) is 36.4 Å². The largest absolute Gasteiger partial charge is 0.397 e. The third-order valence-electron chi connectivity index (χ3n) is 3.06. The number of nitrogen functional groups attached to an aromatic ring is 1. The second-order valence-corrected chi connectivity index (χ2v) is 5.27. The quantitative estimate of drug-likeness (QED) is 0.813. The molecule has 0 saturated carbocycles. The van der Waals surface area contributed by atoms with Gasteiger partial charge in [0.15, 0.2) is 0 Å². The Bertz CT molecular complexity index is 582. The fourth-order valence-electron chi connectivity index (χ4n) is 1.94. The van der Waals surface area contributed by atoms with E-state index in [-0.39, 0.29) is 0 Å². The lowest BCUT2D eigenvalue weighted by Crippen LogP contribution is -2.07. The summed E-state index contributed by atoms with van der Waals surface area (Å²) in [7, 11) is 0. The van der Waals surface area contributed by atoms with Crippen molar-refractivity contribution in [1.82, 2.24) is 0 Å². The third-order valence-corrected chi connectivity index (χ3v) is 3.79. The number of benzene rings is 2. The van der Waals surface area contributed by atoms with Gasteiger partial charge in [0.2, 0.25) is 0 Å². The highest BCUT2D eigenvalue weighted by Gasteiger charge is 2.05. The molecule has 2 aromatic carbocycles. The van der Waals surface area contributed by atoms with Crippen molar-refractivity contribution in [2.75, 3.05) is 17.6 Å². The topological polar surface area (TPSA) is 38.0 Å². The van der Waals surface area contributed by atoms with Crippen LogP contribution in [0.1, 0.15) is 11.1 Å². The monoisotopic (exact) mass is 294 g/mol. The van der Waals surface area contributed by atoms with Crippen LogP contribution in [0, 0.1) is 6.92 Å². The van der Waals surface area contributed by atoms with Gasteiger partial charge in [0.25, 0.3) is 0 Å². The zero-order chi connectivity index (χ0) is 13.8. The number of halogens is 2. The van der Waals surface area contributed by atoms with E-state index in [2.05, 4.69) is 30.4 Å². The zero-order valence-electron chi connectivity index (χ0n) is 10.7. The number of rotatable bonds is 4. The SMILES string of the molecule is Cc1ccccc1CCNc1cc(Cl)c(Cl)cc1N. The lowest BCUT2D eigenvalue weighted by atomic mass is 10.1. The number of anilines is 2. The maximum absolute atomic E-state index is 5.98. The fourth-order valence-corrected chi connectivity index (χ4v) is 2.27. The average Bonchev–Trinajstić information content (AvgIpc) is 2.38. The van der Waals surface area contributed by atoms with Crippen molar-refractivity contribution in [2.45, 2.75) is 13.3 Å². The molecule has 0 aliphatic heterocycles. The highest BCUT2D eigenvalue weighted by atomic mass is 35.5. The van der Waals surface area contributed by atoms with Gasteiger partial charge in [0.05, 0.1) is 21.4 Å². The Morgan fingerprint density at radius 1 is 1.11 bits per heavy atom. The molecule has 0 atom stereocenters. The first-order chi connectivity index (χ1) is 9.08. The van der Waals surface area contributed by atoms with E-state index >= 15 is 0 Å². The molecular formula is C15H16Cl2N2. The highest BCUT2D eigenvalue weighted by Crippen LogP contribution is 2.30. The van der Waals surface area contributed by atoms with E-state index in [9.17, 15) is 0 Å². The van der Waals surface area contributed by atoms with E-state index in [1.165, 1.54) is 11.1 Å². The summed E-state index contributed by atoms with van der Waals surface area (Å²) in [6.07, 6.45) is 0.937. The van der Waals surface area contributed by atoms with Crippen molar-refractivity contribution in [3.63, 3.8) is 0 Å². The Kier molecular flexibility index (Phi) is 4.56. The first-order valence-corrected chi connectivity index (χ1v) is 6.86. The van der Waals surface area contributed by atoms with E-state index in [4.69, 9.17) is 28.9 Å². The summed E-state index contributed by atoms with van der Waals surface area (Å²) in [5, 5.41) is 4.27. The van der Waals surface area contributed by atoms with Crippen LogP contribution in [0.5, 0.6) is 0 Å². The highest BCUT2D eigenvalue weighted by molar-refractivity contribution is 6.42. The predicted octanol–water partition coefficient (Wildman–Crippen LogP) is 4.54. The predicted molar refractivity (Wildman–Crippen MR) is 84.2 cm³/mol. The number of hydrogen-bond acceptors (Lipinski definition) is 2. The first kappa shape index (κ1) is 14.0. The van der Waals surface area contributed by atoms with Gasteiger partial charge in [0, 0.05) is 6.54 Å². The molecule has 0 bridgehead atoms. The molecule has 0 aliphatic carbocycles. The number of nitrogens with two attached hydrogens (primary N) is 1. The van der Waals surface area contributed by atoms with E-state index in [1.807, 2.05) is 6.07 Å². The molecule has 4 heteroatoms. The van der Waals surface area contributed by atoms with Crippen molar-refractivity contribution in [3.8, 4) is 0 Å². The Hall–Kier alpha value is -1.38. The van der Waals surface area contributed by atoms with Gasteiger partial charge in [-0.15, -0.1) is 0 Å². The smallest absolute Gasteiger partial charge is 0.0614 e. The third kappa shape index (κ3) is 3.55. The van der Waals surface area contributed by atoms with Crippen LogP contribution >= 0.6 is 23.2 Å². The molecule has 0 saturated heterocycles. The molecule has 3 N–H and O–H groups in total. The lowest BCUT2D eigenvalue weighted by Gasteiger charge is -2.11. The van der Waals surface area contributed by atoms with Crippen LogP contribution in [0.4, 0.5) is 11.4 Å². The van der Waals surface area contributed by atoms with Crippen LogP contribution in [0.3, 0.4) is 0 Å². The molecule has 0 aliphatic rings. The molecule has 0 radical (unpaired) electrons. The molecule has 0 aromatic heterocycles. The Labute approximate surface area is 123 Å². The van der Waals surface area contributed by atoms with E-state index in [1.54, 1.807) is 12.1 Å². The number of nitrogens with one attached hydrogen (secondary N) is 1. The minimum atomic E-state index is 0.476. The molecule has 0 fully saturated rings. The van der Waals surface area contributed by atoms with E-state index < -0.39 is 0 Å². The van der Waals surface area contributed by atoms with Gasteiger partial charge in [-0.1, -0.05) is 47.5 Å². The Balaban J connectivity index is 2.00. The van der Waals surface area contributed by atoms with Crippen LogP contribution < -0.4 is 11.1 Å². The summed E-state index contributed by atoms with van der Waals surface area (Å²) >= 11 is 11.9. The van der Waals surface area contributed by atoms with E-state index in [0.717, 1.165) is 18.7 Å². The average molecular weight is 295 g/mol. The molecule has 0 unspecified atom stereocenters. The molecule has 0 amide bonds. The lowest BCUT2D eigenvalue weighted by molar-refractivity contribution is 1.01. The van der Waals surface area contributed by atoms with Crippen molar-refractivity contribution in [1.29, 1.82) is 0 Å². The maximum Gasteiger partial charge on any atom is 0.0614 e.